The first-order chi connectivity index (χ1) is 14.3. The third-order valence-electron chi connectivity index (χ3n) is 4.84. The van der Waals surface area contributed by atoms with E-state index in [-0.39, 0.29) is 12.2 Å². The maximum atomic E-state index is 13.0. The molecule has 156 valence electrons. The van der Waals surface area contributed by atoms with Crippen LogP contribution in [0.3, 0.4) is 0 Å². The Morgan fingerprint density at radius 2 is 2.07 bits per heavy atom. The zero-order valence-corrected chi connectivity index (χ0v) is 16.6. The number of rotatable bonds is 5. The van der Waals surface area contributed by atoms with Crippen molar-refractivity contribution in [2.75, 3.05) is 24.1 Å². The zero-order valence-electron chi connectivity index (χ0n) is 15.7. The maximum Gasteiger partial charge on any atom is 0.416 e. The number of fused-ring (bicyclic) bond motifs is 1. The number of halogens is 3. The smallest absolute Gasteiger partial charge is 0.399 e. The molecule has 0 aliphatic carbocycles. The van der Waals surface area contributed by atoms with Crippen molar-refractivity contribution in [3.05, 3.63) is 52.7 Å². The van der Waals surface area contributed by atoms with Crippen molar-refractivity contribution >= 4 is 45.0 Å². The van der Waals surface area contributed by atoms with Gasteiger partial charge in [-0.2, -0.15) is 13.2 Å². The van der Waals surface area contributed by atoms with Crippen LogP contribution in [0, 0.1) is 0 Å². The van der Waals surface area contributed by atoms with Crippen LogP contribution >= 0.6 is 11.3 Å². The summed E-state index contributed by atoms with van der Waals surface area (Å²) in [4.78, 5) is 23.0. The number of thiophene rings is 1. The van der Waals surface area contributed by atoms with Crippen molar-refractivity contribution < 1.29 is 18.0 Å². The van der Waals surface area contributed by atoms with Crippen molar-refractivity contribution in [1.82, 2.24) is 14.9 Å². The Kier molecular flexibility index (Phi) is 5.33. The Balaban J connectivity index is 1.57. The number of hydrogen-bond donors (Lipinski definition) is 2. The van der Waals surface area contributed by atoms with Gasteiger partial charge in [-0.25, -0.2) is 9.97 Å². The van der Waals surface area contributed by atoms with Crippen LogP contribution in [0.2, 0.25) is 0 Å². The molecule has 0 radical (unpaired) electrons. The second kappa shape index (κ2) is 7.94. The number of benzene rings is 1. The molecule has 0 saturated carbocycles. The van der Waals surface area contributed by atoms with Crippen LogP contribution in [-0.2, 0) is 17.5 Å². The molecule has 0 bridgehead atoms. The number of amides is 1. The lowest BCUT2D eigenvalue weighted by molar-refractivity contribution is -0.137. The van der Waals surface area contributed by atoms with Crippen LogP contribution in [0.1, 0.15) is 22.4 Å². The molecule has 1 aromatic carbocycles. The molecular formula is C20H18F3N5OS. The first-order valence-electron chi connectivity index (χ1n) is 9.17. The van der Waals surface area contributed by atoms with Gasteiger partial charge in [0.1, 0.15) is 17.0 Å². The molecule has 0 spiro atoms. The van der Waals surface area contributed by atoms with Crippen LogP contribution < -0.4 is 11.1 Å². The summed E-state index contributed by atoms with van der Waals surface area (Å²) in [6, 6.07) is 5.48. The van der Waals surface area contributed by atoms with Gasteiger partial charge < -0.3 is 16.0 Å². The highest BCUT2D eigenvalue weighted by Crippen LogP contribution is 2.35. The second-order valence-electron chi connectivity index (χ2n) is 6.95. The Hall–Kier alpha value is -3.14. The third kappa shape index (κ3) is 4.23. The third-order valence-corrected chi connectivity index (χ3v) is 5.96. The second-order valence-corrected chi connectivity index (χ2v) is 7.98. The molecule has 3 aromatic rings. The van der Waals surface area contributed by atoms with Crippen LogP contribution in [0.5, 0.6) is 0 Å². The predicted octanol–water partition coefficient (Wildman–Crippen LogP) is 4.15. The summed E-state index contributed by atoms with van der Waals surface area (Å²) in [5.41, 5.74) is 6.47. The maximum absolute atomic E-state index is 13.0. The van der Waals surface area contributed by atoms with Gasteiger partial charge in [0, 0.05) is 30.2 Å². The number of anilines is 2. The fourth-order valence-electron chi connectivity index (χ4n) is 3.33. The zero-order chi connectivity index (χ0) is 21.3. The average molecular weight is 433 g/mol. The van der Waals surface area contributed by atoms with Gasteiger partial charge in [0.05, 0.1) is 10.9 Å². The first kappa shape index (κ1) is 20.1. The fourth-order valence-corrected chi connectivity index (χ4v) is 4.40. The number of nitrogens with zero attached hydrogens (tertiary/aromatic N) is 3. The van der Waals surface area contributed by atoms with E-state index in [1.165, 1.54) is 23.7 Å². The van der Waals surface area contributed by atoms with E-state index in [0.29, 0.717) is 24.5 Å². The van der Waals surface area contributed by atoms with E-state index in [9.17, 15) is 18.0 Å². The van der Waals surface area contributed by atoms with E-state index in [2.05, 4.69) is 15.3 Å². The molecule has 4 rings (SSSR count). The van der Waals surface area contributed by atoms with Gasteiger partial charge in [-0.3, -0.25) is 4.79 Å². The van der Waals surface area contributed by atoms with Gasteiger partial charge in [-0.05, 0) is 41.8 Å². The summed E-state index contributed by atoms with van der Waals surface area (Å²) in [6.45, 7) is 1.38. The molecular weight excluding hydrogens is 415 g/mol. The average Bonchev–Trinajstić information content (AvgIpc) is 3.16. The number of alkyl halides is 3. The molecule has 1 aliphatic heterocycles. The van der Waals surface area contributed by atoms with Gasteiger partial charge >= 0.3 is 6.18 Å². The lowest BCUT2D eigenvalue weighted by Gasteiger charge is -2.21. The minimum Gasteiger partial charge on any atom is -0.399 e. The Morgan fingerprint density at radius 3 is 2.77 bits per heavy atom. The SMILES string of the molecule is Nc1cc(CNc2ncnc3sc(C4=CCN(C=O)CC4)cc23)cc(C(F)(F)F)c1. The van der Waals surface area contributed by atoms with Crippen molar-refractivity contribution in [1.29, 1.82) is 0 Å². The highest BCUT2D eigenvalue weighted by atomic mass is 32.1. The molecule has 0 unspecified atom stereocenters. The fraction of sp³-hybridized carbons (Fsp3) is 0.250. The van der Waals surface area contributed by atoms with Crippen LogP contribution in [0.15, 0.2) is 36.7 Å². The first-order valence-corrected chi connectivity index (χ1v) is 9.99. The van der Waals surface area contributed by atoms with Gasteiger partial charge in [0.2, 0.25) is 6.41 Å². The normalized spacial score (nSPS) is 14.6. The molecule has 0 saturated heterocycles. The summed E-state index contributed by atoms with van der Waals surface area (Å²) >= 11 is 1.52. The molecule has 1 aliphatic rings. The number of nitrogen functional groups attached to an aromatic ring is 1. The molecule has 3 heterocycles. The van der Waals surface area contributed by atoms with Gasteiger partial charge in [0.25, 0.3) is 0 Å². The number of hydrogen-bond acceptors (Lipinski definition) is 6. The van der Waals surface area contributed by atoms with E-state index in [4.69, 9.17) is 5.73 Å². The number of carbonyl (C=O) groups excluding carboxylic acids is 1. The summed E-state index contributed by atoms with van der Waals surface area (Å²) in [5.74, 6) is 0.546. The Bertz CT molecular complexity index is 1130. The number of aromatic nitrogens is 2. The number of nitrogens with one attached hydrogen (secondary N) is 1. The van der Waals surface area contributed by atoms with E-state index in [0.717, 1.165) is 45.6 Å². The summed E-state index contributed by atoms with van der Waals surface area (Å²) in [5, 5.41) is 3.90. The molecule has 30 heavy (non-hydrogen) atoms. The highest BCUT2D eigenvalue weighted by molar-refractivity contribution is 7.19. The van der Waals surface area contributed by atoms with Gasteiger partial charge in [0.15, 0.2) is 0 Å². The lowest BCUT2D eigenvalue weighted by atomic mass is 10.1. The number of nitrogens with two attached hydrogens (primary N) is 1. The minimum absolute atomic E-state index is 0.0564. The largest absolute Gasteiger partial charge is 0.416 e. The van der Waals surface area contributed by atoms with Crippen molar-refractivity contribution in [2.24, 2.45) is 0 Å². The standard InChI is InChI=1S/C20H18F3N5OS/c21-20(22,23)14-5-12(6-15(24)7-14)9-25-18-16-8-17(30-19(16)27-10-26-18)13-1-3-28(11-29)4-2-13/h1,5-8,10-11H,2-4,9,24H2,(H,25,26,27). The molecule has 3 N–H and O–H groups in total. The van der Waals surface area contributed by atoms with Crippen molar-refractivity contribution in [3.63, 3.8) is 0 Å². The van der Waals surface area contributed by atoms with Crippen LogP contribution in [0.25, 0.3) is 15.8 Å². The Morgan fingerprint density at radius 1 is 1.23 bits per heavy atom. The van der Waals surface area contributed by atoms with Gasteiger partial charge in [-0.15, -0.1) is 11.3 Å². The summed E-state index contributed by atoms with van der Waals surface area (Å²) < 4.78 is 39.1. The molecule has 6 nitrogen and oxygen atoms in total. The van der Waals surface area contributed by atoms with Gasteiger partial charge in [-0.1, -0.05) is 6.08 Å². The summed E-state index contributed by atoms with van der Waals surface area (Å²) in [7, 11) is 0. The molecule has 0 fully saturated rings. The van der Waals surface area contributed by atoms with E-state index < -0.39 is 11.7 Å². The topological polar surface area (TPSA) is 84.1 Å². The Labute approximate surface area is 174 Å². The minimum atomic E-state index is -4.46. The van der Waals surface area contributed by atoms with Crippen molar-refractivity contribution in [2.45, 2.75) is 19.1 Å². The number of carbonyl (C=O) groups is 1. The van der Waals surface area contributed by atoms with E-state index in [1.54, 1.807) is 4.90 Å². The molecule has 10 heteroatoms. The lowest BCUT2D eigenvalue weighted by Crippen LogP contribution is -2.26. The quantitative estimate of drug-likeness (QED) is 0.467. The molecule has 1 amide bonds. The van der Waals surface area contributed by atoms with Crippen LogP contribution in [0.4, 0.5) is 24.7 Å². The van der Waals surface area contributed by atoms with Crippen LogP contribution in [-0.4, -0.2) is 34.4 Å². The monoisotopic (exact) mass is 433 g/mol. The molecule has 2 aromatic heterocycles. The summed E-state index contributed by atoms with van der Waals surface area (Å²) in [6.07, 6.45) is 0.586. The molecule has 0 atom stereocenters. The van der Waals surface area contributed by atoms with E-state index in [1.807, 2.05) is 12.1 Å². The predicted molar refractivity (Wildman–Crippen MR) is 111 cm³/mol. The van der Waals surface area contributed by atoms with E-state index >= 15 is 0 Å². The highest BCUT2D eigenvalue weighted by Gasteiger charge is 2.31. The van der Waals surface area contributed by atoms with Crippen molar-refractivity contribution in [3.8, 4) is 0 Å².